The van der Waals surface area contributed by atoms with Crippen LogP contribution < -0.4 is 4.74 Å². The van der Waals surface area contributed by atoms with E-state index in [0.717, 1.165) is 11.3 Å². The van der Waals surface area contributed by atoms with Crippen LogP contribution in [0.5, 0.6) is 5.75 Å². The van der Waals surface area contributed by atoms with E-state index in [1.54, 1.807) is 0 Å². The van der Waals surface area contributed by atoms with Crippen LogP contribution >= 0.6 is 0 Å². The van der Waals surface area contributed by atoms with Gasteiger partial charge in [0.2, 0.25) is 0 Å². The number of carbonyl (C=O) groups excluding carboxylic acids is 1. The van der Waals surface area contributed by atoms with Gasteiger partial charge >= 0.3 is 0 Å². The van der Waals surface area contributed by atoms with Gasteiger partial charge in [0.15, 0.2) is 0 Å². The SMILES string of the molecule is CC(C)Oc1ccc(C(C#N)N2CCC(=O)CC2)cc1. The van der Waals surface area contributed by atoms with Gasteiger partial charge in [0.25, 0.3) is 0 Å². The highest BCUT2D eigenvalue weighted by Gasteiger charge is 2.24. The van der Waals surface area contributed by atoms with E-state index in [-0.39, 0.29) is 12.1 Å². The van der Waals surface area contributed by atoms with Crippen LogP contribution in [0, 0.1) is 11.3 Å². The number of ketones is 1. The number of carbonyl (C=O) groups is 1. The molecule has 1 aliphatic heterocycles. The third-order valence-electron chi connectivity index (χ3n) is 3.41. The Morgan fingerprint density at radius 2 is 1.80 bits per heavy atom. The zero-order valence-corrected chi connectivity index (χ0v) is 12.0. The van der Waals surface area contributed by atoms with Crippen molar-refractivity contribution in [1.29, 1.82) is 5.26 Å². The predicted molar refractivity (Wildman–Crippen MR) is 76.4 cm³/mol. The quantitative estimate of drug-likeness (QED) is 0.845. The smallest absolute Gasteiger partial charge is 0.135 e. The van der Waals surface area contributed by atoms with Crippen LogP contribution in [0.1, 0.15) is 38.3 Å². The van der Waals surface area contributed by atoms with E-state index in [4.69, 9.17) is 4.74 Å². The Labute approximate surface area is 120 Å². The molecular weight excluding hydrogens is 252 g/mol. The van der Waals surface area contributed by atoms with Crippen molar-refractivity contribution >= 4 is 5.78 Å². The van der Waals surface area contributed by atoms with Crippen LogP contribution in [0.3, 0.4) is 0 Å². The second kappa shape index (κ2) is 6.53. The summed E-state index contributed by atoms with van der Waals surface area (Å²) < 4.78 is 5.60. The summed E-state index contributed by atoms with van der Waals surface area (Å²) in [5.74, 6) is 1.10. The second-order valence-corrected chi connectivity index (χ2v) is 5.34. The summed E-state index contributed by atoms with van der Waals surface area (Å²) in [5, 5.41) is 9.40. The van der Waals surface area contributed by atoms with E-state index in [0.29, 0.717) is 31.7 Å². The van der Waals surface area contributed by atoms with Crippen LogP contribution in [0.2, 0.25) is 0 Å². The minimum atomic E-state index is -0.281. The van der Waals surface area contributed by atoms with Crippen LogP contribution in [-0.2, 0) is 4.79 Å². The fraction of sp³-hybridized carbons (Fsp3) is 0.500. The lowest BCUT2D eigenvalue weighted by atomic mass is 10.0. The molecule has 4 nitrogen and oxygen atoms in total. The first kappa shape index (κ1) is 14.5. The maximum Gasteiger partial charge on any atom is 0.135 e. The van der Waals surface area contributed by atoms with Crippen molar-refractivity contribution < 1.29 is 9.53 Å². The molecular formula is C16H20N2O2. The Kier molecular flexibility index (Phi) is 4.75. The van der Waals surface area contributed by atoms with Gasteiger partial charge in [0, 0.05) is 25.9 Å². The summed E-state index contributed by atoms with van der Waals surface area (Å²) in [7, 11) is 0. The van der Waals surface area contributed by atoms with Gasteiger partial charge in [-0.15, -0.1) is 0 Å². The average molecular weight is 272 g/mol. The molecule has 0 spiro atoms. The lowest BCUT2D eigenvalue weighted by Gasteiger charge is -2.30. The second-order valence-electron chi connectivity index (χ2n) is 5.34. The number of piperidine rings is 1. The van der Waals surface area contributed by atoms with Crippen molar-refractivity contribution in [2.75, 3.05) is 13.1 Å². The molecule has 0 amide bonds. The largest absolute Gasteiger partial charge is 0.491 e. The Hall–Kier alpha value is -1.86. The average Bonchev–Trinajstić information content (AvgIpc) is 2.43. The first-order chi connectivity index (χ1) is 9.60. The van der Waals surface area contributed by atoms with Crippen LogP contribution in [0.15, 0.2) is 24.3 Å². The Morgan fingerprint density at radius 1 is 1.20 bits per heavy atom. The number of ether oxygens (including phenoxy) is 1. The molecule has 1 fully saturated rings. The summed E-state index contributed by atoms with van der Waals surface area (Å²) in [6, 6.07) is 9.72. The molecule has 1 aromatic rings. The van der Waals surface area contributed by atoms with E-state index in [9.17, 15) is 10.1 Å². The number of hydrogen-bond donors (Lipinski definition) is 0. The Bertz CT molecular complexity index is 492. The lowest BCUT2D eigenvalue weighted by molar-refractivity contribution is -0.121. The van der Waals surface area contributed by atoms with Crippen molar-refractivity contribution in [3.05, 3.63) is 29.8 Å². The Morgan fingerprint density at radius 3 is 2.30 bits per heavy atom. The van der Waals surface area contributed by atoms with Crippen LogP contribution in [0.25, 0.3) is 0 Å². The molecule has 0 saturated carbocycles. The zero-order chi connectivity index (χ0) is 14.5. The Balaban J connectivity index is 2.08. The highest BCUT2D eigenvalue weighted by atomic mass is 16.5. The fourth-order valence-corrected chi connectivity index (χ4v) is 2.40. The normalized spacial score (nSPS) is 17.8. The minimum Gasteiger partial charge on any atom is -0.491 e. The molecule has 1 aromatic carbocycles. The number of rotatable bonds is 4. The summed E-state index contributed by atoms with van der Waals surface area (Å²) in [6.07, 6.45) is 1.24. The fourth-order valence-electron chi connectivity index (χ4n) is 2.40. The molecule has 0 aliphatic carbocycles. The minimum absolute atomic E-state index is 0.140. The number of hydrogen-bond acceptors (Lipinski definition) is 4. The van der Waals surface area contributed by atoms with Crippen molar-refractivity contribution in [1.82, 2.24) is 4.90 Å². The number of benzene rings is 1. The molecule has 2 rings (SSSR count). The summed E-state index contributed by atoms with van der Waals surface area (Å²) in [5.41, 5.74) is 0.956. The topological polar surface area (TPSA) is 53.3 Å². The number of nitrogens with zero attached hydrogens (tertiary/aromatic N) is 2. The highest BCUT2D eigenvalue weighted by molar-refractivity contribution is 5.79. The molecule has 0 N–H and O–H groups in total. The first-order valence-electron chi connectivity index (χ1n) is 7.02. The number of Topliss-reactive ketones (excluding diaryl/α,β-unsaturated/α-hetero) is 1. The van der Waals surface area contributed by atoms with Crippen LogP contribution in [0.4, 0.5) is 0 Å². The van der Waals surface area contributed by atoms with E-state index < -0.39 is 0 Å². The van der Waals surface area contributed by atoms with Gasteiger partial charge in [-0.3, -0.25) is 9.69 Å². The van der Waals surface area contributed by atoms with Crippen molar-refractivity contribution in [3.8, 4) is 11.8 Å². The maximum absolute atomic E-state index is 11.3. The van der Waals surface area contributed by atoms with Gasteiger partial charge in [-0.25, -0.2) is 0 Å². The summed E-state index contributed by atoms with van der Waals surface area (Å²) >= 11 is 0. The van der Waals surface area contributed by atoms with Gasteiger partial charge < -0.3 is 4.74 Å². The monoisotopic (exact) mass is 272 g/mol. The molecule has 1 atom stereocenters. The standard InChI is InChI=1S/C16H20N2O2/c1-12(2)20-15-5-3-13(4-6-15)16(11-17)18-9-7-14(19)8-10-18/h3-6,12,16H,7-10H2,1-2H3. The van der Waals surface area contributed by atoms with Gasteiger partial charge in [-0.1, -0.05) is 12.1 Å². The molecule has 1 saturated heterocycles. The van der Waals surface area contributed by atoms with E-state index >= 15 is 0 Å². The third-order valence-corrected chi connectivity index (χ3v) is 3.41. The van der Waals surface area contributed by atoms with Gasteiger partial charge in [-0.2, -0.15) is 5.26 Å². The van der Waals surface area contributed by atoms with E-state index in [1.165, 1.54) is 0 Å². The third kappa shape index (κ3) is 3.58. The molecule has 1 aliphatic rings. The molecule has 0 aromatic heterocycles. The molecule has 0 bridgehead atoms. The first-order valence-corrected chi connectivity index (χ1v) is 7.02. The summed E-state index contributed by atoms with van der Waals surface area (Å²) in [6.45, 7) is 5.30. The molecule has 1 unspecified atom stereocenters. The summed E-state index contributed by atoms with van der Waals surface area (Å²) in [4.78, 5) is 13.3. The lowest BCUT2D eigenvalue weighted by Crippen LogP contribution is -2.36. The van der Waals surface area contributed by atoms with Crippen LogP contribution in [-0.4, -0.2) is 29.9 Å². The molecule has 20 heavy (non-hydrogen) atoms. The van der Waals surface area contributed by atoms with Gasteiger partial charge in [-0.05, 0) is 31.5 Å². The molecule has 0 radical (unpaired) electrons. The number of likely N-dealkylation sites (tertiary alicyclic amines) is 1. The molecule has 4 heteroatoms. The van der Waals surface area contributed by atoms with E-state index in [2.05, 4.69) is 11.0 Å². The van der Waals surface area contributed by atoms with Crippen molar-refractivity contribution in [2.24, 2.45) is 0 Å². The maximum atomic E-state index is 11.3. The van der Waals surface area contributed by atoms with E-state index in [1.807, 2.05) is 38.1 Å². The van der Waals surface area contributed by atoms with Gasteiger partial charge in [0.05, 0.1) is 12.2 Å². The molecule has 1 heterocycles. The zero-order valence-electron chi connectivity index (χ0n) is 12.0. The number of nitriles is 1. The van der Waals surface area contributed by atoms with Crippen molar-refractivity contribution in [3.63, 3.8) is 0 Å². The predicted octanol–water partition coefficient (Wildman–Crippen LogP) is 2.70. The highest BCUT2D eigenvalue weighted by Crippen LogP contribution is 2.25. The van der Waals surface area contributed by atoms with Gasteiger partial charge in [0.1, 0.15) is 17.6 Å². The van der Waals surface area contributed by atoms with Crippen molar-refractivity contribution in [2.45, 2.75) is 38.8 Å². The molecule has 106 valence electrons.